The lowest BCUT2D eigenvalue weighted by Gasteiger charge is -2.27. The molecule has 1 aromatic rings. The average Bonchev–Trinajstić information content (AvgIpc) is 3.06. The van der Waals surface area contributed by atoms with Crippen molar-refractivity contribution in [3.05, 3.63) is 11.9 Å². The van der Waals surface area contributed by atoms with Crippen LogP contribution in [0.15, 0.2) is 6.20 Å². The van der Waals surface area contributed by atoms with Crippen molar-refractivity contribution in [3.63, 3.8) is 0 Å². The quantitative estimate of drug-likeness (QED) is 0.599. The molecule has 0 aromatic carbocycles. The molecule has 108 valence electrons. The van der Waals surface area contributed by atoms with E-state index in [9.17, 15) is 0 Å². The molecule has 1 aliphatic heterocycles. The van der Waals surface area contributed by atoms with Crippen molar-refractivity contribution in [1.29, 1.82) is 0 Å². The third kappa shape index (κ3) is 2.61. The number of nitrogens with one attached hydrogen (secondary N) is 1. The second-order valence-electron chi connectivity index (χ2n) is 4.83. The van der Waals surface area contributed by atoms with Gasteiger partial charge in [0.25, 0.3) is 0 Å². The summed E-state index contributed by atoms with van der Waals surface area (Å²) < 4.78 is 13.1. The Bertz CT molecular complexity index is 386. The Morgan fingerprint density at radius 3 is 3.00 bits per heavy atom. The molecule has 1 saturated heterocycles. The lowest BCUT2D eigenvalue weighted by molar-refractivity contribution is 0.0761. The van der Waals surface area contributed by atoms with Crippen molar-refractivity contribution in [2.75, 3.05) is 13.7 Å². The van der Waals surface area contributed by atoms with E-state index in [0.29, 0.717) is 5.92 Å². The molecule has 3 unspecified atom stereocenters. The molecule has 3 atom stereocenters. The fraction of sp³-hybridized carbons (Fsp3) is 0.769. The number of aryl methyl sites for hydroxylation is 1. The van der Waals surface area contributed by atoms with Gasteiger partial charge in [0, 0.05) is 19.1 Å². The van der Waals surface area contributed by atoms with Crippen LogP contribution >= 0.6 is 0 Å². The highest BCUT2D eigenvalue weighted by atomic mass is 16.5. The molecular formula is C13H24N4O2. The fourth-order valence-electron chi connectivity index (χ4n) is 2.97. The molecule has 1 fully saturated rings. The summed E-state index contributed by atoms with van der Waals surface area (Å²) in [6, 6.07) is 0.00449. The van der Waals surface area contributed by atoms with Crippen LogP contribution in [0.25, 0.3) is 0 Å². The summed E-state index contributed by atoms with van der Waals surface area (Å²) in [4.78, 5) is 0. The zero-order valence-electron chi connectivity index (χ0n) is 11.9. The molecule has 0 aliphatic carbocycles. The number of methoxy groups -OCH3 is 1. The average molecular weight is 268 g/mol. The molecule has 1 aromatic heterocycles. The summed E-state index contributed by atoms with van der Waals surface area (Å²) >= 11 is 0. The summed E-state index contributed by atoms with van der Waals surface area (Å²) in [5.74, 6) is 6.94. The Hall–Kier alpha value is -1.11. The van der Waals surface area contributed by atoms with E-state index in [1.165, 1.54) is 0 Å². The SMILES string of the molecule is CCC1OCCC1C(NN)c1c(OC)cnn1CC. The number of aromatic nitrogens is 2. The number of nitrogens with zero attached hydrogens (tertiary/aromatic N) is 2. The molecule has 0 spiro atoms. The standard InChI is InChI=1S/C13H24N4O2/c1-4-10-9(6-7-19-10)12(16-14)13-11(18-3)8-15-17(13)5-2/h8-10,12,16H,4-7,14H2,1-3H3. The first kappa shape index (κ1) is 14.3. The molecule has 0 saturated carbocycles. The molecule has 0 amide bonds. The van der Waals surface area contributed by atoms with Crippen molar-refractivity contribution in [2.24, 2.45) is 11.8 Å². The van der Waals surface area contributed by atoms with Crippen LogP contribution in [0.4, 0.5) is 0 Å². The van der Waals surface area contributed by atoms with Crippen molar-refractivity contribution < 1.29 is 9.47 Å². The van der Waals surface area contributed by atoms with Gasteiger partial charge in [-0.25, -0.2) is 0 Å². The van der Waals surface area contributed by atoms with Crippen molar-refractivity contribution >= 4 is 0 Å². The van der Waals surface area contributed by atoms with Gasteiger partial charge in [-0.2, -0.15) is 5.10 Å². The first-order valence-electron chi connectivity index (χ1n) is 6.94. The lowest BCUT2D eigenvalue weighted by atomic mass is 9.89. The predicted molar refractivity (Wildman–Crippen MR) is 72.7 cm³/mol. The van der Waals surface area contributed by atoms with E-state index in [0.717, 1.165) is 37.4 Å². The maximum atomic E-state index is 5.81. The second kappa shape index (κ2) is 6.36. The predicted octanol–water partition coefficient (Wildman–Crippen LogP) is 1.23. The fourth-order valence-corrected chi connectivity index (χ4v) is 2.97. The number of nitrogens with two attached hydrogens (primary N) is 1. The van der Waals surface area contributed by atoms with Gasteiger partial charge in [-0.1, -0.05) is 6.92 Å². The molecule has 2 rings (SSSR count). The summed E-state index contributed by atoms with van der Waals surface area (Å²) in [5.41, 5.74) is 3.95. The van der Waals surface area contributed by atoms with Crippen LogP contribution < -0.4 is 16.0 Å². The minimum absolute atomic E-state index is 0.00449. The third-order valence-electron chi connectivity index (χ3n) is 3.93. The van der Waals surface area contributed by atoms with E-state index in [-0.39, 0.29) is 12.1 Å². The second-order valence-corrected chi connectivity index (χ2v) is 4.83. The van der Waals surface area contributed by atoms with E-state index in [4.69, 9.17) is 15.3 Å². The zero-order valence-corrected chi connectivity index (χ0v) is 11.9. The van der Waals surface area contributed by atoms with Gasteiger partial charge >= 0.3 is 0 Å². The summed E-state index contributed by atoms with van der Waals surface area (Å²) in [6.07, 6.45) is 3.99. The van der Waals surface area contributed by atoms with Gasteiger partial charge in [0.1, 0.15) is 0 Å². The molecular weight excluding hydrogens is 244 g/mol. The van der Waals surface area contributed by atoms with Gasteiger partial charge in [0.05, 0.1) is 31.1 Å². The molecule has 19 heavy (non-hydrogen) atoms. The molecule has 6 heteroatoms. The Morgan fingerprint density at radius 2 is 2.42 bits per heavy atom. The molecule has 3 N–H and O–H groups in total. The van der Waals surface area contributed by atoms with Crippen LogP contribution in [0.2, 0.25) is 0 Å². The van der Waals surface area contributed by atoms with E-state index in [1.807, 2.05) is 4.68 Å². The van der Waals surface area contributed by atoms with Gasteiger partial charge in [-0.15, -0.1) is 0 Å². The molecule has 0 bridgehead atoms. The van der Waals surface area contributed by atoms with E-state index >= 15 is 0 Å². The smallest absolute Gasteiger partial charge is 0.161 e. The zero-order chi connectivity index (χ0) is 13.8. The highest BCUT2D eigenvalue weighted by Crippen LogP contribution is 2.37. The number of rotatable bonds is 6. The molecule has 1 aliphatic rings. The van der Waals surface area contributed by atoms with Crippen LogP contribution in [0.3, 0.4) is 0 Å². The Morgan fingerprint density at radius 1 is 1.63 bits per heavy atom. The first-order chi connectivity index (χ1) is 9.26. The third-order valence-corrected chi connectivity index (χ3v) is 3.93. The Kier molecular flexibility index (Phi) is 4.79. The minimum atomic E-state index is 0.00449. The van der Waals surface area contributed by atoms with Gasteiger partial charge in [0.15, 0.2) is 5.75 Å². The van der Waals surface area contributed by atoms with Gasteiger partial charge < -0.3 is 9.47 Å². The van der Waals surface area contributed by atoms with E-state index < -0.39 is 0 Å². The van der Waals surface area contributed by atoms with Crippen LogP contribution in [0.5, 0.6) is 5.75 Å². The number of hydrogen-bond donors (Lipinski definition) is 2. The Labute approximate surface area is 114 Å². The number of ether oxygens (including phenoxy) is 2. The van der Waals surface area contributed by atoms with Crippen LogP contribution in [-0.2, 0) is 11.3 Å². The lowest BCUT2D eigenvalue weighted by Crippen LogP contribution is -2.38. The van der Waals surface area contributed by atoms with Crippen molar-refractivity contribution in [3.8, 4) is 5.75 Å². The monoisotopic (exact) mass is 268 g/mol. The maximum Gasteiger partial charge on any atom is 0.161 e. The van der Waals surface area contributed by atoms with Crippen LogP contribution in [0.1, 0.15) is 38.4 Å². The number of hydrogen-bond acceptors (Lipinski definition) is 5. The summed E-state index contributed by atoms with van der Waals surface area (Å²) in [6.45, 7) is 5.79. The van der Waals surface area contributed by atoms with Gasteiger partial charge in [0.2, 0.25) is 0 Å². The minimum Gasteiger partial charge on any atom is -0.493 e. The summed E-state index contributed by atoms with van der Waals surface area (Å²) in [7, 11) is 1.66. The molecule has 6 nitrogen and oxygen atoms in total. The molecule has 0 radical (unpaired) electrons. The van der Waals surface area contributed by atoms with Crippen LogP contribution in [0, 0.1) is 5.92 Å². The van der Waals surface area contributed by atoms with Crippen LogP contribution in [-0.4, -0.2) is 29.6 Å². The van der Waals surface area contributed by atoms with Crippen molar-refractivity contribution in [2.45, 2.75) is 45.4 Å². The maximum absolute atomic E-state index is 5.81. The largest absolute Gasteiger partial charge is 0.493 e. The van der Waals surface area contributed by atoms with Gasteiger partial charge in [-0.05, 0) is 19.8 Å². The number of hydrazine groups is 1. The highest BCUT2D eigenvalue weighted by molar-refractivity contribution is 5.29. The normalized spacial score (nSPS) is 24.6. The first-order valence-corrected chi connectivity index (χ1v) is 6.94. The molecule has 2 heterocycles. The van der Waals surface area contributed by atoms with E-state index in [1.54, 1.807) is 13.3 Å². The summed E-state index contributed by atoms with van der Waals surface area (Å²) in [5, 5.41) is 4.35. The highest BCUT2D eigenvalue weighted by Gasteiger charge is 2.37. The topological polar surface area (TPSA) is 74.3 Å². The van der Waals surface area contributed by atoms with Gasteiger partial charge in [-0.3, -0.25) is 16.0 Å². The van der Waals surface area contributed by atoms with E-state index in [2.05, 4.69) is 24.4 Å². The van der Waals surface area contributed by atoms with Crippen molar-refractivity contribution in [1.82, 2.24) is 15.2 Å². The Balaban J connectivity index is 2.33.